The first-order valence-corrected chi connectivity index (χ1v) is 18.1. The fraction of sp³-hybridized carbons (Fsp3) is 0.149. The number of benzene rings is 5. The van der Waals surface area contributed by atoms with E-state index in [1.165, 1.54) is 60.7 Å². The summed E-state index contributed by atoms with van der Waals surface area (Å²) in [6.07, 6.45) is 1.81. The van der Waals surface area contributed by atoms with E-state index in [1.54, 1.807) is 0 Å². The quantitative estimate of drug-likeness (QED) is 0.138. The molecule has 0 saturated heterocycles. The third kappa shape index (κ3) is 6.84. The maximum absolute atomic E-state index is 7.10. The summed E-state index contributed by atoms with van der Waals surface area (Å²) in [5, 5.41) is 0. The van der Waals surface area contributed by atoms with E-state index in [9.17, 15) is 0 Å². The molecule has 53 heavy (non-hydrogen) atoms. The van der Waals surface area contributed by atoms with Crippen LogP contribution in [0.5, 0.6) is 11.5 Å². The molecule has 0 N–H and O–H groups in total. The summed E-state index contributed by atoms with van der Waals surface area (Å²) in [4.78, 5) is 9.59. The monoisotopic (exact) mass is 865 g/mol. The van der Waals surface area contributed by atoms with Crippen LogP contribution in [0.25, 0.3) is 22.5 Å². The number of nitrogens with zero attached hydrogens (tertiary/aromatic N) is 2. The number of rotatable bonds is 6. The summed E-state index contributed by atoms with van der Waals surface area (Å²) in [7, 11) is 0. The van der Waals surface area contributed by atoms with E-state index in [2.05, 4.69) is 125 Å². The van der Waals surface area contributed by atoms with Gasteiger partial charge in [-0.15, -0.1) is 40.9 Å². The van der Waals surface area contributed by atoms with Gasteiger partial charge in [0.25, 0.3) is 0 Å². The van der Waals surface area contributed by atoms with E-state index in [-0.39, 0.29) is 34.5 Å². The maximum atomic E-state index is 7.10. The molecule has 1 aliphatic rings. The van der Waals surface area contributed by atoms with Crippen LogP contribution < -0.4 is 37.5 Å². The predicted molar refractivity (Wildman–Crippen MR) is 219 cm³/mol. The maximum Gasteiger partial charge on any atom is 2.00 e. The average Bonchev–Trinajstić information content (AvgIpc) is 3.12. The Balaban J connectivity index is 0.00000435. The molecular weight excluding hydrogens is 825 g/mol. The van der Waals surface area contributed by atoms with Crippen LogP contribution in [-0.2, 0) is 21.1 Å². The first-order chi connectivity index (χ1) is 25.2. The van der Waals surface area contributed by atoms with Crippen molar-refractivity contribution in [2.45, 2.75) is 48.5 Å². The molecule has 0 amide bonds. The third-order valence-electron chi connectivity index (χ3n) is 10.5. The van der Waals surface area contributed by atoms with Crippen molar-refractivity contribution in [3.63, 3.8) is 0 Å². The summed E-state index contributed by atoms with van der Waals surface area (Å²) >= 11 is 0. The Kier molecular flexibility index (Phi) is 10.2. The number of aromatic nitrogens is 2. The van der Waals surface area contributed by atoms with Crippen molar-refractivity contribution < 1.29 is 25.8 Å². The van der Waals surface area contributed by atoms with Gasteiger partial charge in [-0.2, -0.15) is 5.46 Å². The van der Waals surface area contributed by atoms with E-state index in [1.807, 2.05) is 55.6 Å². The Morgan fingerprint density at radius 3 is 1.72 bits per heavy atom. The fourth-order valence-electron chi connectivity index (χ4n) is 8.59. The molecule has 0 saturated carbocycles. The Hall–Kier alpha value is -4.98. The molecule has 260 valence electrons. The van der Waals surface area contributed by atoms with Crippen LogP contribution in [0, 0.1) is 60.6 Å². The minimum atomic E-state index is -0.0844. The van der Waals surface area contributed by atoms with Gasteiger partial charge in [-0.3, -0.25) is 0 Å². The van der Waals surface area contributed by atoms with Crippen molar-refractivity contribution in [3.8, 4) is 34.0 Å². The molecule has 7 aromatic rings. The molecule has 8 rings (SSSR count). The fourth-order valence-corrected chi connectivity index (χ4v) is 8.59. The standard InChI is InChI=1S/C47H40B2N2O.Pt/c1-29-22-31(3)45(32(4)23-29)48-39-17-8-9-18-40(39)49(46-33(5)24-30(2)25-34(46)6)47-41(48)27-37(43-20-12-14-35(7)51-43)28-44(47)52-38-16-13-15-36(26-38)42-19-10-11-21-50-42;/h8-25,27H,1-7H3;/q-2;+2. The van der Waals surface area contributed by atoms with Gasteiger partial charge in [0.2, 0.25) is 6.71 Å². The SMILES string of the molecule is Cc1cc(C)c(B2c3ccccc3B(c3c(C)cc(C)cc3C)c3c(Oc4[c-]c(-c5ccccn5)ccc4)[c-]c(-c4cccc(C)n4)cc32)c(C)c1.[Pt+2]. The van der Waals surface area contributed by atoms with E-state index < -0.39 is 0 Å². The first-order valence-electron chi connectivity index (χ1n) is 18.1. The summed E-state index contributed by atoms with van der Waals surface area (Å²) in [5.41, 5.74) is 19.7. The molecule has 3 nitrogen and oxygen atoms in total. The van der Waals surface area contributed by atoms with Gasteiger partial charge in [0, 0.05) is 23.4 Å². The normalized spacial score (nSPS) is 11.8. The number of hydrogen-bond donors (Lipinski definition) is 0. The van der Waals surface area contributed by atoms with Crippen LogP contribution >= 0.6 is 0 Å². The number of pyridine rings is 2. The van der Waals surface area contributed by atoms with Gasteiger partial charge in [-0.1, -0.05) is 140 Å². The molecule has 5 aromatic carbocycles. The summed E-state index contributed by atoms with van der Waals surface area (Å²) in [6, 6.07) is 46.1. The van der Waals surface area contributed by atoms with E-state index in [0.29, 0.717) is 11.5 Å². The minimum Gasteiger partial charge on any atom is -0.497 e. The third-order valence-corrected chi connectivity index (χ3v) is 10.5. The number of ether oxygens (including phenoxy) is 1. The van der Waals surface area contributed by atoms with E-state index >= 15 is 0 Å². The second-order valence-electron chi connectivity index (χ2n) is 14.4. The Morgan fingerprint density at radius 2 is 1.09 bits per heavy atom. The van der Waals surface area contributed by atoms with Gasteiger partial charge in [-0.05, 0) is 72.0 Å². The van der Waals surface area contributed by atoms with Gasteiger partial charge < -0.3 is 14.7 Å². The van der Waals surface area contributed by atoms with Crippen LogP contribution in [0.15, 0.2) is 115 Å². The van der Waals surface area contributed by atoms with Gasteiger partial charge in [0.1, 0.15) is 0 Å². The molecule has 0 aliphatic carbocycles. The van der Waals surface area contributed by atoms with Crippen LogP contribution in [-0.4, -0.2) is 23.4 Å². The van der Waals surface area contributed by atoms with E-state index in [0.717, 1.165) is 33.7 Å². The van der Waals surface area contributed by atoms with Crippen molar-refractivity contribution in [2.75, 3.05) is 0 Å². The second-order valence-corrected chi connectivity index (χ2v) is 14.4. The largest absolute Gasteiger partial charge is 2.00 e. The summed E-state index contributed by atoms with van der Waals surface area (Å²) in [5.74, 6) is 1.31. The van der Waals surface area contributed by atoms with Gasteiger partial charge in [0.05, 0.1) is 0 Å². The first kappa shape index (κ1) is 36.4. The van der Waals surface area contributed by atoms with Gasteiger partial charge >= 0.3 is 21.1 Å². The van der Waals surface area contributed by atoms with Crippen molar-refractivity contribution in [3.05, 3.63) is 167 Å². The van der Waals surface area contributed by atoms with Gasteiger partial charge in [0.15, 0.2) is 6.71 Å². The zero-order chi connectivity index (χ0) is 36.1. The van der Waals surface area contributed by atoms with Crippen LogP contribution in [0.3, 0.4) is 0 Å². The molecule has 0 bridgehead atoms. The Labute approximate surface area is 329 Å². The molecule has 3 heterocycles. The molecule has 6 heteroatoms. The van der Waals surface area contributed by atoms with E-state index in [4.69, 9.17) is 9.72 Å². The molecule has 0 spiro atoms. The van der Waals surface area contributed by atoms with Crippen LogP contribution in [0.2, 0.25) is 0 Å². The molecular formula is C47H40B2N2OPt. The Bertz CT molecular complexity index is 2450. The molecule has 0 unspecified atom stereocenters. The van der Waals surface area contributed by atoms with Crippen LogP contribution in [0.4, 0.5) is 0 Å². The second kappa shape index (κ2) is 14.8. The van der Waals surface area contributed by atoms with Gasteiger partial charge in [-0.25, -0.2) is 0 Å². The molecule has 0 atom stereocenters. The molecule has 0 radical (unpaired) electrons. The number of aryl methyl sites for hydroxylation is 7. The van der Waals surface area contributed by atoms with Crippen molar-refractivity contribution >= 4 is 46.2 Å². The van der Waals surface area contributed by atoms with Crippen molar-refractivity contribution in [1.29, 1.82) is 0 Å². The topological polar surface area (TPSA) is 35.0 Å². The zero-order valence-electron chi connectivity index (χ0n) is 31.2. The summed E-state index contributed by atoms with van der Waals surface area (Å²) in [6.45, 7) is 15.3. The van der Waals surface area contributed by atoms with Crippen molar-refractivity contribution in [1.82, 2.24) is 9.97 Å². The number of fused-ring (bicyclic) bond motifs is 2. The summed E-state index contributed by atoms with van der Waals surface area (Å²) < 4.78 is 7.10. The smallest absolute Gasteiger partial charge is 0.497 e. The predicted octanol–water partition coefficient (Wildman–Crippen LogP) is 6.71. The van der Waals surface area contributed by atoms with Crippen molar-refractivity contribution in [2.24, 2.45) is 0 Å². The Morgan fingerprint density at radius 1 is 0.509 bits per heavy atom. The van der Waals surface area contributed by atoms with Crippen LogP contribution in [0.1, 0.15) is 39.1 Å². The zero-order valence-corrected chi connectivity index (χ0v) is 33.5. The number of hydrogen-bond acceptors (Lipinski definition) is 3. The molecule has 0 fully saturated rings. The molecule has 1 aliphatic heterocycles. The average molecular weight is 866 g/mol. The molecule has 2 aromatic heterocycles. The minimum absolute atomic E-state index is 0.